The maximum Gasteiger partial charge on any atom is 0.253 e. The molecule has 1 heterocycles. The molecule has 0 spiro atoms. The molecule has 0 N–H and O–H groups in total. The normalized spacial score (nSPS) is 14.1. The molecule has 0 unspecified atom stereocenters. The van der Waals surface area contributed by atoms with Crippen molar-refractivity contribution in [2.24, 2.45) is 0 Å². The molecule has 2 aromatic carbocycles. The Bertz CT molecular complexity index is 778. The minimum Gasteiger partial charge on any atom is -0.479 e. The van der Waals surface area contributed by atoms with Crippen molar-refractivity contribution in [3.63, 3.8) is 0 Å². The van der Waals surface area contributed by atoms with E-state index in [1.165, 1.54) is 6.07 Å². The molecule has 0 aliphatic carbocycles. The monoisotopic (exact) mass is 339 g/mol. The summed E-state index contributed by atoms with van der Waals surface area (Å²) in [5.41, 5.74) is 1.15. The van der Waals surface area contributed by atoms with Gasteiger partial charge in [-0.1, -0.05) is 12.1 Å². The number of nitriles is 1. The first-order valence-corrected chi connectivity index (χ1v) is 8.07. The molecule has 0 bridgehead atoms. The van der Waals surface area contributed by atoms with Crippen molar-refractivity contribution in [2.75, 3.05) is 37.7 Å². The number of carbonyl (C=O) groups is 1. The Kier molecular flexibility index (Phi) is 5.14. The molecule has 0 saturated carbocycles. The van der Waals surface area contributed by atoms with Gasteiger partial charge in [-0.2, -0.15) is 5.26 Å². The number of halogens is 1. The van der Waals surface area contributed by atoms with Gasteiger partial charge in [-0.05, 0) is 36.4 Å². The summed E-state index contributed by atoms with van der Waals surface area (Å²) in [6.45, 7) is 2.25. The van der Waals surface area contributed by atoms with Gasteiger partial charge in [-0.25, -0.2) is 4.39 Å². The zero-order chi connectivity index (χ0) is 17.6. The largest absolute Gasteiger partial charge is 0.479 e. The first-order valence-electron chi connectivity index (χ1n) is 8.07. The van der Waals surface area contributed by atoms with E-state index in [2.05, 4.69) is 0 Å². The van der Waals surface area contributed by atoms with E-state index in [4.69, 9.17) is 10.00 Å². The van der Waals surface area contributed by atoms with Gasteiger partial charge in [0.15, 0.2) is 6.61 Å². The Morgan fingerprint density at radius 3 is 2.40 bits per heavy atom. The molecule has 0 atom stereocenters. The van der Waals surface area contributed by atoms with E-state index in [0.29, 0.717) is 43.2 Å². The van der Waals surface area contributed by atoms with Crippen molar-refractivity contribution in [3.05, 3.63) is 59.9 Å². The lowest BCUT2D eigenvalue weighted by molar-refractivity contribution is 0.0746. The Morgan fingerprint density at radius 1 is 1.08 bits per heavy atom. The van der Waals surface area contributed by atoms with Crippen LogP contribution in [0.3, 0.4) is 0 Å². The molecule has 2 aromatic rings. The molecule has 1 saturated heterocycles. The lowest BCUT2D eigenvalue weighted by atomic mass is 10.1. The maximum atomic E-state index is 13.9. The number of amides is 1. The number of hydrogen-bond donors (Lipinski definition) is 0. The van der Waals surface area contributed by atoms with Crippen molar-refractivity contribution in [2.45, 2.75) is 0 Å². The van der Waals surface area contributed by atoms with Crippen LogP contribution in [-0.4, -0.2) is 43.6 Å². The fourth-order valence-corrected chi connectivity index (χ4v) is 2.85. The summed E-state index contributed by atoms with van der Waals surface area (Å²) in [6, 6.07) is 15.3. The Hall–Kier alpha value is -3.07. The van der Waals surface area contributed by atoms with Crippen LogP contribution in [-0.2, 0) is 0 Å². The molecular weight excluding hydrogens is 321 g/mol. The van der Waals surface area contributed by atoms with Crippen LogP contribution in [0.5, 0.6) is 5.75 Å². The summed E-state index contributed by atoms with van der Waals surface area (Å²) in [7, 11) is 0. The van der Waals surface area contributed by atoms with Gasteiger partial charge in [0.2, 0.25) is 0 Å². The van der Waals surface area contributed by atoms with E-state index in [-0.39, 0.29) is 18.3 Å². The maximum absolute atomic E-state index is 13.9. The average molecular weight is 339 g/mol. The standard InChI is InChI=1S/C19H18FN3O2/c20-17-3-1-2-4-18(17)22-10-12-23(13-11-22)19(24)15-5-7-16(8-6-15)25-14-9-21/h1-8H,10-14H2. The molecule has 1 aliphatic heterocycles. The summed E-state index contributed by atoms with van der Waals surface area (Å²) < 4.78 is 19.0. The Labute approximate surface area is 145 Å². The van der Waals surface area contributed by atoms with Gasteiger partial charge >= 0.3 is 0 Å². The second-order valence-corrected chi connectivity index (χ2v) is 5.70. The van der Waals surface area contributed by atoms with Gasteiger partial charge in [0.1, 0.15) is 17.6 Å². The molecule has 1 aliphatic rings. The lowest BCUT2D eigenvalue weighted by Crippen LogP contribution is -2.49. The fourth-order valence-electron chi connectivity index (χ4n) is 2.85. The topological polar surface area (TPSA) is 56.6 Å². The third kappa shape index (κ3) is 3.89. The Balaban J connectivity index is 1.60. The number of rotatable bonds is 4. The van der Waals surface area contributed by atoms with Crippen LogP contribution in [0.1, 0.15) is 10.4 Å². The average Bonchev–Trinajstić information content (AvgIpc) is 2.67. The fraction of sp³-hybridized carbons (Fsp3) is 0.263. The number of nitrogens with zero attached hydrogens (tertiary/aromatic N) is 3. The molecule has 3 rings (SSSR count). The van der Waals surface area contributed by atoms with Crippen molar-refractivity contribution in [1.29, 1.82) is 5.26 Å². The molecule has 25 heavy (non-hydrogen) atoms. The number of carbonyl (C=O) groups excluding carboxylic acids is 1. The first kappa shape index (κ1) is 16.8. The van der Waals surface area contributed by atoms with E-state index in [1.807, 2.05) is 17.0 Å². The summed E-state index contributed by atoms with van der Waals surface area (Å²) in [5, 5.41) is 8.50. The first-order chi connectivity index (χ1) is 12.2. The van der Waals surface area contributed by atoms with E-state index in [9.17, 15) is 9.18 Å². The number of piperazine rings is 1. The number of ether oxygens (including phenoxy) is 1. The zero-order valence-corrected chi connectivity index (χ0v) is 13.7. The number of para-hydroxylation sites is 1. The highest BCUT2D eigenvalue weighted by Gasteiger charge is 2.23. The van der Waals surface area contributed by atoms with E-state index in [0.717, 1.165) is 0 Å². The summed E-state index contributed by atoms with van der Waals surface area (Å²) in [4.78, 5) is 16.3. The minimum absolute atomic E-state index is 0.0225. The Morgan fingerprint density at radius 2 is 1.76 bits per heavy atom. The van der Waals surface area contributed by atoms with E-state index >= 15 is 0 Å². The van der Waals surface area contributed by atoms with Gasteiger partial charge < -0.3 is 14.5 Å². The summed E-state index contributed by atoms with van der Waals surface area (Å²) >= 11 is 0. The molecule has 5 nitrogen and oxygen atoms in total. The summed E-state index contributed by atoms with van der Waals surface area (Å²) in [6.07, 6.45) is 0. The predicted octanol–water partition coefficient (Wildman–Crippen LogP) is 2.69. The van der Waals surface area contributed by atoms with Crippen molar-refractivity contribution in [3.8, 4) is 11.8 Å². The highest BCUT2D eigenvalue weighted by atomic mass is 19.1. The van der Waals surface area contributed by atoms with E-state index < -0.39 is 0 Å². The quantitative estimate of drug-likeness (QED) is 0.859. The molecule has 1 amide bonds. The molecule has 0 radical (unpaired) electrons. The highest BCUT2D eigenvalue weighted by Crippen LogP contribution is 2.21. The van der Waals surface area contributed by atoms with Gasteiger partial charge in [-0.15, -0.1) is 0 Å². The molecular formula is C19H18FN3O2. The van der Waals surface area contributed by atoms with Crippen LogP contribution in [0.15, 0.2) is 48.5 Å². The molecule has 0 aromatic heterocycles. The highest BCUT2D eigenvalue weighted by molar-refractivity contribution is 5.94. The SMILES string of the molecule is N#CCOc1ccc(C(=O)N2CCN(c3ccccc3F)CC2)cc1. The van der Waals surface area contributed by atoms with Gasteiger partial charge in [0, 0.05) is 31.7 Å². The third-order valence-corrected chi connectivity index (χ3v) is 4.16. The van der Waals surface area contributed by atoms with Crippen molar-refractivity contribution < 1.29 is 13.9 Å². The van der Waals surface area contributed by atoms with Gasteiger partial charge in [0.05, 0.1) is 5.69 Å². The predicted molar refractivity (Wildman–Crippen MR) is 92.1 cm³/mol. The molecule has 6 heteroatoms. The van der Waals surface area contributed by atoms with E-state index in [1.54, 1.807) is 41.3 Å². The van der Waals surface area contributed by atoms with Gasteiger partial charge in [0.25, 0.3) is 5.91 Å². The summed E-state index contributed by atoms with van der Waals surface area (Å²) in [5.74, 6) is 0.262. The van der Waals surface area contributed by atoms with Crippen LogP contribution in [0.25, 0.3) is 0 Å². The number of benzene rings is 2. The van der Waals surface area contributed by atoms with Crippen molar-refractivity contribution >= 4 is 11.6 Å². The lowest BCUT2D eigenvalue weighted by Gasteiger charge is -2.36. The smallest absolute Gasteiger partial charge is 0.253 e. The van der Waals surface area contributed by atoms with Crippen molar-refractivity contribution in [1.82, 2.24) is 4.90 Å². The second-order valence-electron chi connectivity index (χ2n) is 5.70. The minimum atomic E-state index is -0.241. The number of anilines is 1. The third-order valence-electron chi connectivity index (χ3n) is 4.16. The van der Waals surface area contributed by atoms with Crippen LogP contribution in [0, 0.1) is 17.1 Å². The molecule has 128 valence electrons. The molecule has 1 fully saturated rings. The van der Waals surface area contributed by atoms with Crippen LogP contribution in [0.4, 0.5) is 10.1 Å². The van der Waals surface area contributed by atoms with Crippen LogP contribution < -0.4 is 9.64 Å². The van der Waals surface area contributed by atoms with Crippen LogP contribution in [0.2, 0.25) is 0 Å². The second kappa shape index (κ2) is 7.67. The number of hydrogen-bond acceptors (Lipinski definition) is 4. The van der Waals surface area contributed by atoms with Crippen LogP contribution >= 0.6 is 0 Å². The van der Waals surface area contributed by atoms with Gasteiger partial charge in [-0.3, -0.25) is 4.79 Å². The zero-order valence-electron chi connectivity index (χ0n) is 13.7.